The predicted octanol–water partition coefficient (Wildman–Crippen LogP) is 2.79. The maximum atomic E-state index is 11.3. The van der Waals surface area contributed by atoms with E-state index in [0.717, 1.165) is 22.3 Å². The van der Waals surface area contributed by atoms with E-state index in [1.54, 1.807) is 6.08 Å². The summed E-state index contributed by atoms with van der Waals surface area (Å²) in [5.41, 5.74) is 1.65. The van der Waals surface area contributed by atoms with E-state index < -0.39 is 17.5 Å². The number of carboxylic acid groups (broad SMARTS) is 1. The minimum absolute atomic E-state index is 0.392. The van der Waals surface area contributed by atoms with Gasteiger partial charge in [0.1, 0.15) is 11.5 Å². The van der Waals surface area contributed by atoms with Crippen molar-refractivity contribution in [3.8, 4) is 11.5 Å². The molecule has 5 nitrogen and oxygen atoms in total. The lowest BCUT2D eigenvalue weighted by molar-refractivity contribution is -0.149. The molecular formula is C16H18O5. The molecule has 0 amide bonds. The fourth-order valence-electron chi connectivity index (χ4n) is 2.35. The molecule has 1 atom stereocenters. The van der Waals surface area contributed by atoms with E-state index in [9.17, 15) is 14.7 Å². The summed E-state index contributed by atoms with van der Waals surface area (Å²) in [6.07, 6.45) is 3.21. The molecular weight excluding hydrogens is 272 g/mol. The smallest absolute Gasteiger partial charge is 0.351 e. The van der Waals surface area contributed by atoms with Gasteiger partial charge in [-0.2, -0.15) is 0 Å². The van der Waals surface area contributed by atoms with Crippen LogP contribution in [-0.2, 0) is 9.59 Å². The highest BCUT2D eigenvalue weighted by Gasteiger charge is 2.37. The Kier molecular flexibility index (Phi) is 3.53. The molecule has 5 heteroatoms. The summed E-state index contributed by atoms with van der Waals surface area (Å²) >= 11 is 0. The quantitative estimate of drug-likeness (QED) is 0.669. The minimum Gasteiger partial charge on any atom is -0.478 e. The number of esters is 1. The molecule has 0 bridgehead atoms. The third kappa shape index (κ3) is 2.39. The highest BCUT2D eigenvalue weighted by Crippen LogP contribution is 2.42. The summed E-state index contributed by atoms with van der Waals surface area (Å²) in [4.78, 5) is 22.6. The number of carboxylic acids is 1. The molecule has 21 heavy (non-hydrogen) atoms. The van der Waals surface area contributed by atoms with E-state index in [1.807, 2.05) is 20.8 Å². The van der Waals surface area contributed by atoms with Crippen molar-refractivity contribution in [1.29, 1.82) is 0 Å². The molecule has 1 aromatic rings. The molecule has 0 spiro atoms. The van der Waals surface area contributed by atoms with Crippen LogP contribution < -0.4 is 9.47 Å². The molecule has 0 saturated carbocycles. The largest absolute Gasteiger partial charge is 0.478 e. The first-order valence-electron chi connectivity index (χ1n) is 6.61. The normalized spacial score (nSPS) is 19.7. The van der Waals surface area contributed by atoms with Crippen LogP contribution >= 0.6 is 0 Å². The second-order valence-corrected chi connectivity index (χ2v) is 5.39. The number of aliphatic carboxylic acids is 1. The van der Waals surface area contributed by atoms with Gasteiger partial charge in [0.15, 0.2) is 0 Å². The summed E-state index contributed by atoms with van der Waals surface area (Å²) in [7, 11) is 0. The Bertz CT molecular complexity index is 672. The molecule has 1 aromatic carbocycles. The van der Waals surface area contributed by atoms with Crippen molar-refractivity contribution in [2.75, 3.05) is 0 Å². The van der Waals surface area contributed by atoms with Gasteiger partial charge in [-0.1, -0.05) is 6.08 Å². The summed E-state index contributed by atoms with van der Waals surface area (Å²) in [6.45, 7) is 8.31. The van der Waals surface area contributed by atoms with E-state index in [4.69, 9.17) is 9.47 Å². The van der Waals surface area contributed by atoms with Crippen LogP contribution in [0.3, 0.4) is 0 Å². The average Bonchev–Trinajstić information content (AvgIpc) is 2.40. The molecule has 1 aliphatic rings. The van der Waals surface area contributed by atoms with Crippen LogP contribution in [-0.4, -0.2) is 22.6 Å². The molecule has 1 heterocycles. The number of fused-ring (bicyclic) bond motifs is 1. The molecule has 0 fully saturated rings. The number of hydrogen-bond acceptors (Lipinski definition) is 4. The Hall–Kier alpha value is -2.30. The van der Waals surface area contributed by atoms with Gasteiger partial charge >= 0.3 is 11.9 Å². The van der Waals surface area contributed by atoms with Crippen LogP contribution in [0.2, 0.25) is 0 Å². The van der Waals surface area contributed by atoms with Crippen molar-refractivity contribution in [3.63, 3.8) is 0 Å². The summed E-state index contributed by atoms with van der Waals surface area (Å²) in [6, 6.07) is 0. The van der Waals surface area contributed by atoms with Gasteiger partial charge in [0.05, 0.1) is 0 Å². The zero-order valence-corrected chi connectivity index (χ0v) is 12.7. The van der Waals surface area contributed by atoms with E-state index in [2.05, 4.69) is 0 Å². The molecule has 0 aromatic heterocycles. The molecule has 2 rings (SSSR count). The molecule has 0 unspecified atom stereocenters. The fraction of sp³-hybridized carbons (Fsp3) is 0.375. The third-order valence-corrected chi connectivity index (χ3v) is 3.79. The van der Waals surface area contributed by atoms with Gasteiger partial charge < -0.3 is 14.6 Å². The highest BCUT2D eigenvalue weighted by molar-refractivity contribution is 5.85. The van der Waals surface area contributed by atoms with E-state index >= 15 is 0 Å². The Morgan fingerprint density at radius 2 is 1.81 bits per heavy atom. The number of hydrogen-bond donors (Lipinski definition) is 1. The van der Waals surface area contributed by atoms with Gasteiger partial charge in [-0.3, -0.25) is 4.79 Å². The molecule has 0 saturated heterocycles. The van der Waals surface area contributed by atoms with Crippen LogP contribution in [0.25, 0.3) is 6.08 Å². The monoisotopic (exact) mass is 290 g/mol. The van der Waals surface area contributed by atoms with Crippen molar-refractivity contribution in [3.05, 3.63) is 28.3 Å². The summed E-state index contributed by atoms with van der Waals surface area (Å²) in [5.74, 6) is -0.418. The van der Waals surface area contributed by atoms with Crippen LogP contribution in [0.15, 0.2) is 6.08 Å². The maximum Gasteiger partial charge on any atom is 0.351 e. The maximum absolute atomic E-state index is 11.3. The first-order chi connectivity index (χ1) is 9.67. The minimum atomic E-state index is -1.39. The van der Waals surface area contributed by atoms with E-state index in [-0.39, 0.29) is 0 Å². The van der Waals surface area contributed by atoms with Gasteiger partial charge in [0, 0.05) is 18.1 Å². The van der Waals surface area contributed by atoms with E-state index in [1.165, 1.54) is 19.9 Å². The van der Waals surface area contributed by atoms with Crippen LogP contribution in [0.4, 0.5) is 0 Å². The Morgan fingerprint density at radius 1 is 1.19 bits per heavy atom. The zero-order chi connectivity index (χ0) is 15.9. The lowest BCUT2D eigenvalue weighted by Gasteiger charge is -2.31. The molecule has 0 aliphatic carbocycles. The average molecular weight is 290 g/mol. The van der Waals surface area contributed by atoms with Crippen molar-refractivity contribution >= 4 is 18.0 Å². The summed E-state index contributed by atoms with van der Waals surface area (Å²) < 4.78 is 11.0. The van der Waals surface area contributed by atoms with Crippen LogP contribution in [0.1, 0.15) is 36.1 Å². The summed E-state index contributed by atoms with van der Waals surface area (Å²) in [5, 5.41) is 9.28. The number of carbonyl (C=O) groups is 2. The van der Waals surface area contributed by atoms with Gasteiger partial charge in [0.25, 0.3) is 0 Å². The first kappa shape index (κ1) is 15.1. The molecule has 112 valence electrons. The number of ether oxygens (including phenoxy) is 2. The third-order valence-electron chi connectivity index (χ3n) is 3.79. The van der Waals surface area contributed by atoms with Crippen LogP contribution in [0.5, 0.6) is 11.5 Å². The number of rotatable bonds is 2. The molecule has 0 radical (unpaired) electrons. The standard InChI is InChI=1S/C16H18O5/c1-8-9(2)14-12(10(3)13(8)20-11(4)17)6-7-16(5,21-14)15(18)19/h6-7H,1-5H3,(H,18,19)/t16-/m0/s1. The number of carbonyl (C=O) groups excluding carboxylic acids is 1. The molecule has 1 N–H and O–H groups in total. The van der Waals surface area contributed by atoms with Gasteiger partial charge in [-0.25, -0.2) is 4.79 Å². The lowest BCUT2D eigenvalue weighted by atomic mass is 9.92. The predicted molar refractivity (Wildman–Crippen MR) is 77.7 cm³/mol. The van der Waals surface area contributed by atoms with Gasteiger partial charge in [-0.05, 0) is 44.9 Å². The highest BCUT2D eigenvalue weighted by atomic mass is 16.5. The second kappa shape index (κ2) is 4.91. The SMILES string of the molecule is CC(=O)Oc1c(C)c(C)c2c(c1C)C=C[C@@](C)(C(=O)O)O2. The van der Waals surface area contributed by atoms with E-state index in [0.29, 0.717) is 11.5 Å². The zero-order valence-electron chi connectivity index (χ0n) is 12.7. The van der Waals surface area contributed by atoms with Crippen LogP contribution in [0, 0.1) is 20.8 Å². The Labute approximate surface area is 123 Å². The first-order valence-corrected chi connectivity index (χ1v) is 6.61. The van der Waals surface area contributed by atoms with Crippen molar-refractivity contribution in [2.45, 2.75) is 40.2 Å². The van der Waals surface area contributed by atoms with Crippen molar-refractivity contribution in [1.82, 2.24) is 0 Å². The molecule has 1 aliphatic heterocycles. The number of benzene rings is 1. The Balaban J connectivity index is 2.65. The lowest BCUT2D eigenvalue weighted by Crippen LogP contribution is -2.41. The second-order valence-electron chi connectivity index (χ2n) is 5.39. The fourth-order valence-corrected chi connectivity index (χ4v) is 2.35. The van der Waals surface area contributed by atoms with Gasteiger partial charge in [0.2, 0.25) is 5.60 Å². The van der Waals surface area contributed by atoms with Gasteiger partial charge in [-0.15, -0.1) is 0 Å². The van der Waals surface area contributed by atoms with Crippen molar-refractivity contribution < 1.29 is 24.2 Å². The van der Waals surface area contributed by atoms with Crippen molar-refractivity contribution in [2.24, 2.45) is 0 Å². The topological polar surface area (TPSA) is 72.8 Å². The Morgan fingerprint density at radius 3 is 2.33 bits per heavy atom.